The van der Waals surface area contributed by atoms with Crippen molar-refractivity contribution >= 4 is 11.6 Å². The highest BCUT2D eigenvalue weighted by Crippen LogP contribution is 2.34. The highest BCUT2D eigenvalue weighted by Gasteiger charge is 2.28. The monoisotopic (exact) mass is 237 g/mol. The molecular weight excluding hydrogens is 221 g/mol. The zero-order chi connectivity index (χ0) is 12.4. The quantitative estimate of drug-likeness (QED) is 0.753. The van der Waals surface area contributed by atoms with E-state index in [1.165, 1.54) is 11.0 Å². The summed E-state index contributed by atoms with van der Waals surface area (Å²) in [6.07, 6.45) is 2.24. The first kappa shape index (κ1) is 11.9. The molecular formula is C13H16FNO2. The van der Waals surface area contributed by atoms with Crippen molar-refractivity contribution in [1.29, 1.82) is 0 Å². The number of fused-ring (bicyclic) bond motifs is 1. The van der Waals surface area contributed by atoms with Gasteiger partial charge in [0.1, 0.15) is 5.75 Å². The molecule has 0 radical (unpaired) electrons. The Morgan fingerprint density at radius 1 is 1.47 bits per heavy atom. The molecule has 0 saturated heterocycles. The van der Waals surface area contributed by atoms with Crippen molar-refractivity contribution in [3.63, 3.8) is 0 Å². The van der Waals surface area contributed by atoms with Crippen molar-refractivity contribution in [2.45, 2.75) is 26.2 Å². The SMILES string of the molecule is CCCCOc1cc(F)c2c(c1)CC(=O)N2C. The Hall–Kier alpha value is -1.58. The number of halogens is 1. The molecule has 0 fully saturated rings. The Balaban J connectivity index is 2.21. The molecule has 1 aliphatic rings. The minimum absolute atomic E-state index is 0.0791. The summed E-state index contributed by atoms with van der Waals surface area (Å²) in [7, 11) is 1.59. The van der Waals surface area contributed by atoms with E-state index in [0.29, 0.717) is 23.6 Å². The van der Waals surface area contributed by atoms with Crippen molar-refractivity contribution < 1.29 is 13.9 Å². The molecule has 1 aromatic carbocycles. The molecule has 0 N–H and O–H groups in total. The van der Waals surface area contributed by atoms with Crippen LogP contribution in [0.4, 0.5) is 10.1 Å². The summed E-state index contributed by atoms with van der Waals surface area (Å²) < 4.78 is 19.3. The first-order valence-corrected chi connectivity index (χ1v) is 5.85. The maximum absolute atomic E-state index is 13.8. The number of amides is 1. The molecule has 0 aliphatic carbocycles. The zero-order valence-electron chi connectivity index (χ0n) is 10.1. The molecule has 92 valence electrons. The summed E-state index contributed by atoms with van der Waals surface area (Å²) in [6.45, 7) is 2.65. The van der Waals surface area contributed by atoms with Crippen LogP contribution in [0.25, 0.3) is 0 Å². The molecule has 1 aliphatic heterocycles. The fourth-order valence-electron chi connectivity index (χ4n) is 1.96. The van der Waals surface area contributed by atoms with Crippen LogP contribution in [-0.2, 0) is 11.2 Å². The molecule has 0 saturated carbocycles. The number of carbonyl (C=O) groups is 1. The number of likely N-dealkylation sites (N-methyl/N-ethyl adjacent to an activating group) is 1. The van der Waals surface area contributed by atoms with Gasteiger partial charge in [-0.05, 0) is 18.1 Å². The molecule has 1 heterocycles. The fraction of sp³-hybridized carbons (Fsp3) is 0.462. The molecule has 0 spiro atoms. The van der Waals surface area contributed by atoms with Gasteiger partial charge in [0.15, 0.2) is 5.82 Å². The second kappa shape index (κ2) is 4.73. The average Bonchev–Trinajstić information content (AvgIpc) is 2.55. The Bertz CT molecular complexity index is 445. The van der Waals surface area contributed by atoms with Gasteiger partial charge in [-0.1, -0.05) is 13.3 Å². The van der Waals surface area contributed by atoms with Crippen molar-refractivity contribution in [3.8, 4) is 5.75 Å². The van der Waals surface area contributed by atoms with Crippen molar-refractivity contribution in [2.24, 2.45) is 0 Å². The number of rotatable bonds is 4. The van der Waals surface area contributed by atoms with Crippen molar-refractivity contribution in [3.05, 3.63) is 23.5 Å². The molecule has 4 heteroatoms. The normalized spacial score (nSPS) is 14.1. The lowest BCUT2D eigenvalue weighted by atomic mass is 10.1. The predicted octanol–water partition coefficient (Wildman–Crippen LogP) is 2.52. The lowest BCUT2D eigenvalue weighted by molar-refractivity contribution is -0.117. The van der Waals surface area contributed by atoms with E-state index in [9.17, 15) is 9.18 Å². The molecule has 0 aromatic heterocycles. The van der Waals surface area contributed by atoms with Crippen LogP contribution in [-0.4, -0.2) is 19.6 Å². The van der Waals surface area contributed by atoms with Crippen molar-refractivity contribution in [2.75, 3.05) is 18.6 Å². The topological polar surface area (TPSA) is 29.5 Å². The van der Waals surface area contributed by atoms with Crippen LogP contribution in [0, 0.1) is 5.82 Å². The number of nitrogens with zero attached hydrogens (tertiary/aromatic N) is 1. The highest BCUT2D eigenvalue weighted by atomic mass is 19.1. The van der Waals surface area contributed by atoms with Crippen LogP contribution in [0.15, 0.2) is 12.1 Å². The number of hydrogen-bond donors (Lipinski definition) is 0. The first-order valence-electron chi connectivity index (χ1n) is 5.85. The second-order valence-corrected chi connectivity index (χ2v) is 4.24. The third-order valence-electron chi connectivity index (χ3n) is 2.93. The van der Waals surface area contributed by atoms with Gasteiger partial charge >= 0.3 is 0 Å². The molecule has 17 heavy (non-hydrogen) atoms. The first-order chi connectivity index (χ1) is 8.13. The van der Waals surface area contributed by atoms with Gasteiger partial charge in [-0.2, -0.15) is 0 Å². The Morgan fingerprint density at radius 2 is 2.24 bits per heavy atom. The lowest BCUT2D eigenvalue weighted by Gasteiger charge is -2.12. The number of ether oxygens (including phenoxy) is 1. The molecule has 0 bridgehead atoms. The van der Waals surface area contributed by atoms with E-state index in [2.05, 4.69) is 6.92 Å². The average molecular weight is 237 g/mol. The van der Waals surface area contributed by atoms with Gasteiger partial charge in [0, 0.05) is 13.1 Å². The standard InChI is InChI=1S/C13H16FNO2/c1-3-4-5-17-10-6-9-7-12(16)15(2)13(9)11(14)8-10/h6,8H,3-5,7H2,1-2H3. The van der Waals surface area contributed by atoms with E-state index >= 15 is 0 Å². The van der Waals surface area contributed by atoms with Gasteiger partial charge in [0.05, 0.1) is 18.7 Å². The van der Waals surface area contributed by atoms with Gasteiger partial charge in [-0.15, -0.1) is 0 Å². The van der Waals surface area contributed by atoms with Crippen LogP contribution in [0.1, 0.15) is 25.3 Å². The van der Waals surface area contributed by atoms with E-state index < -0.39 is 0 Å². The summed E-state index contributed by atoms with van der Waals surface area (Å²) in [5.41, 5.74) is 1.10. The number of anilines is 1. The van der Waals surface area contributed by atoms with E-state index in [0.717, 1.165) is 12.8 Å². The van der Waals surface area contributed by atoms with E-state index in [-0.39, 0.29) is 18.1 Å². The number of hydrogen-bond acceptors (Lipinski definition) is 2. The summed E-state index contributed by atoms with van der Waals surface area (Å²) >= 11 is 0. The maximum Gasteiger partial charge on any atom is 0.231 e. The minimum atomic E-state index is -0.387. The molecule has 0 atom stereocenters. The van der Waals surface area contributed by atoms with Crippen LogP contribution < -0.4 is 9.64 Å². The number of benzene rings is 1. The zero-order valence-corrected chi connectivity index (χ0v) is 10.1. The van der Waals surface area contributed by atoms with Crippen molar-refractivity contribution in [1.82, 2.24) is 0 Å². The Kier molecular flexibility index (Phi) is 3.31. The smallest absolute Gasteiger partial charge is 0.231 e. The lowest BCUT2D eigenvalue weighted by Crippen LogP contribution is -2.21. The largest absolute Gasteiger partial charge is 0.493 e. The van der Waals surface area contributed by atoms with Crippen LogP contribution in [0.3, 0.4) is 0 Å². The predicted molar refractivity (Wildman–Crippen MR) is 63.9 cm³/mol. The van der Waals surface area contributed by atoms with Crippen LogP contribution in [0.2, 0.25) is 0 Å². The van der Waals surface area contributed by atoms with E-state index in [1.807, 2.05) is 0 Å². The van der Waals surface area contributed by atoms with Gasteiger partial charge in [-0.3, -0.25) is 4.79 Å². The van der Waals surface area contributed by atoms with Gasteiger partial charge in [0.25, 0.3) is 0 Å². The maximum atomic E-state index is 13.8. The third kappa shape index (κ3) is 2.25. The molecule has 1 amide bonds. The van der Waals surface area contributed by atoms with Crippen LogP contribution >= 0.6 is 0 Å². The summed E-state index contributed by atoms with van der Waals surface area (Å²) in [4.78, 5) is 12.8. The number of carbonyl (C=O) groups excluding carboxylic acids is 1. The second-order valence-electron chi connectivity index (χ2n) is 4.24. The molecule has 3 nitrogen and oxygen atoms in total. The highest BCUT2D eigenvalue weighted by molar-refractivity contribution is 6.01. The van der Waals surface area contributed by atoms with E-state index in [1.54, 1.807) is 13.1 Å². The van der Waals surface area contributed by atoms with Gasteiger partial charge < -0.3 is 9.64 Å². The third-order valence-corrected chi connectivity index (χ3v) is 2.93. The summed E-state index contributed by atoms with van der Waals surface area (Å²) in [5, 5.41) is 0. The number of unbranched alkanes of at least 4 members (excludes halogenated alkanes) is 1. The van der Waals surface area contributed by atoms with E-state index in [4.69, 9.17) is 4.74 Å². The summed E-state index contributed by atoms with van der Waals surface area (Å²) in [6, 6.07) is 3.11. The minimum Gasteiger partial charge on any atom is -0.493 e. The Labute approximate surface area is 100 Å². The van der Waals surface area contributed by atoms with Crippen LogP contribution in [0.5, 0.6) is 5.75 Å². The molecule has 0 unspecified atom stereocenters. The molecule has 2 rings (SSSR count). The molecule has 1 aromatic rings. The van der Waals surface area contributed by atoms with Gasteiger partial charge in [0.2, 0.25) is 5.91 Å². The Morgan fingerprint density at radius 3 is 2.94 bits per heavy atom. The summed E-state index contributed by atoms with van der Waals surface area (Å²) in [5.74, 6) is 0.0461. The van der Waals surface area contributed by atoms with Gasteiger partial charge in [-0.25, -0.2) is 4.39 Å². The fourth-order valence-corrected chi connectivity index (χ4v) is 1.96.